The van der Waals surface area contributed by atoms with Crippen molar-refractivity contribution in [2.24, 2.45) is 5.92 Å². The van der Waals surface area contributed by atoms with Crippen molar-refractivity contribution in [3.63, 3.8) is 0 Å². The molecule has 9 heteroatoms. The molecule has 3 aromatic carbocycles. The average Bonchev–Trinajstić information content (AvgIpc) is 3.71. The van der Waals surface area contributed by atoms with Crippen LogP contribution in [0.25, 0.3) is 11.1 Å². The van der Waals surface area contributed by atoms with E-state index in [1.54, 1.807) is 0 Å². The number of rotatable bonds is 8. The fourth-order valence-corrected chi connectivity index (χ4v) is 5.46. The quantitative estimate of drug-likeness (QED) is 0.0910. The second-order valence-electron chi connectivity index (χ2n) is 10.3. The third kappa shape index (κ3) is 5.80. The van der Waals surface area contributed by atoms with E-state index in [0.29, 0.717) is 35.7 Å². The van der Waals surface area contributed by atoms with E-state index < -0.39 is 69.4 Å². The zero-order chi connectivity index (χ0) is 28.6. The fraction of sp³-hybridized carbons (Fsp3) is 0.323. The molecule has 0 bridgehead atoms. The lowest BCUT2D eigenvalue weighted by Gasteiger charge is -2.29. The van der Waals surface area contributed by atoms with Gasteiger partial charge in [-0.05, 0) is 85.8 Å². The number of hydrogen-bond donors (Lipinski definition) is 0. The van der Waals surface area contributed by atoms with Gasteiger partial charge in [0.2, 0.25) is 0 Å². The molecule has 1 heterocycles. The first kappa shape index (κ1) is 28.0. The van der Waals surface area contributed by atoms with Crippen LogP contribution in [0.2, 0.25) is 0 Å². The highest BCUT2D eigenvalue weighted by Crippen LogP contribution is 2.40. The number of esters is 1. The van der Waals surface area contributed by atoms with Crippen LogP contribution in [0.5, 0.6) is 5.75 Å². The molecule has 2 aliphatic rings. The first-order valence-electron chi connectivity index (χ1n) is 13.1. The second kappa shape index (κ2) is 11.5. The molecule has 1 aliphatic carbocycles. The molecule has 1 unspecified atom stereocenters. The van der Waals surface area contributed by atoms with Gasteiger partial charge in [0, 0.05) is 12.1 Å². The van der Waals surface area contributed by atoms with Crippen molar-refractivity contribution in [1.82, 2.24) is 0 Å². The van der Waals surface area contributed by atoms with Gasteiger partial charge in [0.05, 0.1) is 17.7 Å². The number of allylic oxidation sites excluding steroid dienone is 1. The number of carbonyl (C=O) groups is 1. The zero-order valence-electron chi connectivity index (χ0n) is 21.4. The maximum atomic E-state index is 15.1. The Kier molecular flexibility index (Phi) is 8.03. The highest BCUT2D eigenvalue weighted by molar-refractivity contribution is 5.92. The smallest absolute Gasteiger partial charge is 0.349 e. The van der Waals surface area contributed by atoms with Gasteiger partial charge >= 0.3 is 5.97 Å². The van der Waals surface area contributed by atoms with Gasteiger partial charge in [-0.2, -0.15) is 0 Å². The summed E-state index contributed by atoms with van der Waals surface area (Å²) in [6.07, 6.45) is 6.54. The minimum absolute atomic E-state index is 0.0239. The summed E-state index contributed by atoms with van der Waals surface area (Å²) in [7, 11) is 0. The van der Waals surface area contributed by atoms with Crippen molar-refractivity contribution in [3.8, 4) is 16.9 Å². The van der Waals surface area contributed by atoms with Gasteiger partial charge in [-0.1, -0.05) is 6.08 Å². The standard InChI is InChI=1S/C31H26F6O3/c1-2-3-4-16-5-7-17(8-6-16)18-9-21(32)28(22(33)10-18)19-11-23(34)30(24(35)12-19)31(38)40-20-13-25(36)29(26(37)14-20)27-15-39-27/h2,9-14,16-17,27H,1,3-8,15H2. The molecule has 0 N–H and O–H groups in total. The molecule has 2 fully saturated rings. The summed E-state index contributed by atoms with van der Waals surface area (Å²) in [5, 5.41) is 0. The van der Waals surface area contributed by atoms with E-state index >= 15 is 8.78 Å². The molecule has 1 aliphatic heterocycles. The van der Waals surface area contributed by atoms with Gasteiger partial charge in [0.1, 0.15) is 52.3 Å². The van der Waals surface area contributed by atoms with Crippen LogP contribution in [-0.4, -0.2) is 12.6 Å². The monoisotopic (exact) mass is 560 g/mol. The lowest BCUT2D eigenvalue weighted by molar-refractivity contribution is 0.0723. The van der Waals surface area contributed by atoms with Gasteiger partial charge in [-0.25, -0.2) is 31.1 Å². The van der Waals surface area contributed by atoms with Crippen LogP contribution in [0, 0.1) is 40.8 Å². The van der Waals surface area contributed by atoms with Crippen LogP contribution < -0.4 is 4.74 Å². The van der Waals surface area contributed by atoms with Crippen LogP contribution in [0.3, 0.4) is 0 Å². The van der Waals surface area contributed by atoms with E-state index in [-0.39, 0.29) is 18.1 Å². The van der Waals surface area contributed by atoms with Crippen molar-refractivity contribution < 1.29 is 40.6 Å². The Bertz CT molecular complexity index is 1390. The first-order valence-corrected chi connectivity index (χ1v) is 13.1. The third-order valence-corrected chi connectivity index (χ3v) is 7.61. The fourth-order valence-electron chi connectivity index (χ4n) is 5.46. The van der Waals surface area contributed by atoms with Crippen LogP contribution in [0.15, 0.2) is 49.1 Å². The Morgan fingerprint density at radius 3 is 1.95 bits per heavy atom. The molecule has 0 spiro atoms. The highest BCUT2D eigenvalue weighted by Gasteiger charge is 2.32. The minimum Gasteiger partial charge on any atom is -0.423 e. The largest absolute Gasteiger partial charge is 0.423 e. The molecule has 3 aromatic rings. The normalized spacial score (nSPS) is 20.3. The average molecular weight is 561 g/mol. The lowest BCUT2D eigenvalue weighted by Crippen LogP contribution is -2.14. The molecular formula is C31H26F6O3. The van der Waals surface area contributed by atoms with E-state index in [1.165, 1.54) is 12.1 Å². The summed E-state index contributed by atoms with van der Waals surface area (Å²) in [6, 6.07) is 4.99. The minimum atomic E-state index is -1.57. The molecule has 5 rings (SSSR count). The predicted molar refractivity (Wildman–Crippen MR) is 136 cm³/mol. The van der Waals surface area contributed by atoms with E-state index in [1.807, 2.05) is 6.08 Å². The second-order valence-corrected chi connectivity index (χ2v) is 10.3. The van der Waals surface area contributed by atoms with Crippen molar-refractivity contribution in [2.45, 2.75) is 50.5 Å². The number of benzene rings is 3. The lowest BCUT2D eigenvalue weighted by atomic mass is 9.77. The van der Waals surface area contributed by atoms with Crippen LogP contribution >= 0.6 is 0 Å². The summed E-state index contributed by atoms with van der Waals surface area (Å²) in [5.74, 6) is -8.63. The van der Waals surface area contributed by atoms with Gasteiger partial charge in [0.25, 0.3) is 0 Å². The predicted octanol–water partition coefficient (Wildman–Crippen LogP) is 8.72. The number of halogens is 6. The van der Waals surface area contributed by atoms with Gasteiger partial charge in [-0.3, -0.25) is 0 Å². The molecule has 40 heavy (non-hydrogen) atoms. The van der Waals surface area contributed by atoms with E-state index in [0.717, 1.165) is 38.5 Å². The maximum absolute atomic E-state index is 15.1. The topological polar surface area (TPSA) is 38.8 Å². The summed E-state index contributed by atoms with van der Waals surface area (Å²) in [4.78, 5) is 12.5. The Balaban J connectivity index is 1.34. The highest BCUT2D eigenvalue weighted by atomic mass is 19.2. The van der Waals surface area contributed by atoms with Crippen molar-refractivity contribution in [2.75, 3.05) is 6.61 Å². The van der Waals surface area contributed by atoms with E-state index in [2.05, 4.69) is 6.58 Å². The summed E-state index contributed by atoms with van der Waals surface area (Å²) < 4.78 is 98.0. The molecule has 1 saturated heterocycles. The van der Waals surface area contributed by atoms with Crippen molar-refractivity contribution >= 4 is 5.97 Å². The van der Waals surface area contributed by atoms with E-state index in [4.69, 9.17) is 9.47 Å². The molecule has 0 radical (unpaired) electrons. The Morgan fingerprint density at radius 1 is 0.850 bits per heavy atom. The van der Waals surface area contributed by atoms with Crippen LogP contribution in [-0.2, 0) is 4.74 Å². The van der Waals surface area contributed by atoms with Crippen molar-refractivity contribution in [3.05, 3.63) is 101 Å². The molecule has 3 nitrogen and oxygen atoms in total. The third-order valence-electron chi connectivity index (χ3n) is 7.61. The molecule has 1 atom stereocenters. The molecule has 210 valence electrons. The zero-order valence-corrected chi connectivity index (χ0v) is 21.4. The number of epoxide rings is 1. The summed E-state index contributed by atoms with van der Waals surface area (Å²) in [6.45, 7) is 3.87. The summed E-state index contributed by atoms with van der Waals surface area (Å²) >= 11 is 0. The van der Waals surface area contributed by atoms with Crippen LogP contribution in [0.1, 0.15) is 72.0 Å². The number of carbonyl (C=O) groups excluding carboxylic acids is 1. The van der Waals surface area contributed by atoms with Gasteiger partial charge in [-0.15, -0.1) is 6.58 Å². The van der Waals surface area contributed by atoms with Crippen LogP contribution in [0.4, 0.5) is 26.3 Å². The van der Waals surface area contributed by atoms with Gasteiger partial charge in [0.15, 0.2) is 0 Å². The summed E-state index contributed by atoms with van der Waals surface area (Å²) in [5.41, 5.74) is -2.12. The Hall–Kier alpha value is -3.59. The first-order chi connectivity index (χ1) is 19.2. The molecule has 1 saturated carbocycles. The number of hydrogen-bond acceptors (Lipinski definition) is 3. The van der Waals surface area contributed by atoms with Gasteiger partial charge < -0.3 is 9.47 Å². The maximum Gasteiger partial charge on any atom is 0.349 e. The van der Waals surface area contributed by atoms with E-state index in [9.17, 15) is 22.4 Å². The SMILES string of the molecule is C=CCCC1CCC(c2cc(F)c(-c3cc(F)c(C(=O)Oc4cc(F)c(C5CO5)c(F)c4)c(F)c3)c(F)c2)CC1. The number of ether oxygens (including phenoxy) is 2. The Morgan fingerprint density at radius 2 is 1.43 bits per heavy atom. The molecular weight excluding hydrogens is 534 g/mol. The molecule has 0 aromatic heterocycles. The Labute approximate surface area is 227 Å². The molecule has 0 amide bonds. The van der Waals surface area contributed by atoms with Crippen molar-refractivity contribution in [1.29, 1.82) is 0 Å².